The van der Waals surface area contributed by atoms with E-state index in [1.807, 2.05) is 48.5 Å². The van der Waals surface area contributed by atoms with Crippen LogP contribution in [0.3, 0.4) is 0 Å². The summed E-state index contributed by atoms with van der Waals surface area (Å²) in [5.74, 6) is 5.08. The lowest BCUT2D eigenvalue weighted by Crippen LogP contribution is -2.27. The van der Waals surface area contributed by atoms with E-state index in [-0.39, 0.29) is 5.92 Å². The van der Waals surface area contributed by atoms with E-state index in [0.717, 1.165) is 22.3 Å². The van der Waals surface area contributed by atoms with Gasteiger partial charge in [0.15, 0.2) is 0 Å². The Morgan fingerprint density at radius 1 is 1.00 bits per heavy atom. The van der Waals surface area contributed by atoms with Gasteiger partial charge < -0.3 is 4.74 Å². The van der Waals surface area contributed by atoms with Crippen LogP contribution in [-0.4, -0.2) is 12.8 Å². The van der Waals surface area contributed by atoms with Gasteiger partial charge in [0.2, 0.25) is 6.29 Å². The van der Waals surface area contributed by atoms with Gasteiger partial charge in [0.1, 0.15) is 0 Å². The molecule has 4 heteroatoms. The number of ether oxygens (including phenoxy) is 1. The minimum absolute atomic E-state index is 0.192. The third kappa shape index (κ3) is 1.82. The third-order valence-electron chi connectivity index (χ3n) is 3.48. The van der Waals surface area contributed by atoms with Crippen LogP contribution in [0, 0.1) is 0 Å². The standard InChI is InChI=1S/C15H13NO3/c16-19-15(18-9-17)14-12-7-3-1-5-10(12)11-6-2-4-8-13(11)14/h1-9,14-15H,16H2. The topological polar surface area (TPSA) is 61.6 Å². The van der Waals surface area contributed by atoms with E-state index in [2.05, 4.69) is 0 Å². The SMILES string of the molecule is NOC(OC=O)C1c2ccccc2-c2ccccc21. The van der Waals surface area contributed by atoms with Crippen molar-refractivity contribution in [3.05, 3.63) is 59.7 Å². The fourth-order valence-corrected chi connectivity index (χ4v) is 2.73. The lowest BCUT2D eigenvalue weighted by atomic mass is 9.96. The van der Waals surface area contributed by atoms with Gasteiger partial charge in [0.05, 0.1) is 5.92 Å². The van der Waals surface area contributed by atoms with Gasteiger partial charge in [-0.15, -0.1) is 0 Å². The number of benzene rings is 2. The second kappa shape index (κ2) is 4.84. The molecule has 0 aliphatic heterocycles. The van der Waals surface area contributed by atoms with Gasteiger partial charge >= 0.3 is 0 Å². The first-order valence-corrected chi connectivity index (χ1v) is 5.99. The zero-order valence-corrected chi connectivity index (χ0v) is 10.2. The number of carbonyl (C=O) groups is 1. The summed E-state index contributed by atoms with van der Waals surface area (Å²) in [6.45, 7) is 0.362. The van der Waals surface area contributed by atoms with Crippen LogP contribution in [0.5, 0.6) is 0 Å². The molecule has 0 aromatic heterocycles. The zero-order chi connectivity index (χ0) is 13.2. The van der Waals surface area contributed by atoms with Crippen LogP contribution in [-0.2, 0) is 14.4 Å². The normalized spacial score (nSPS) is 14.6. The summed E-state index contributed by atoms with van der Waals surface area (Å²) in [6, 6.07) is 16.0. The molecular formula is C15H13NO3. The maximum absolute atomic E-state index is 10.6. The summed E-state index contributed by atoms with van der Waals surface area (Å²) in [5.41, 5.74) is 4.36. The summed E-state index contributed by atoms with van der Waals surface area (Å²) < 4.78 is 4.96. The molecule has 2 aromatic carbocycles. The average Bonchev–Trinajstić information content (AvgIpc) is 2.80. The molecule has 1 aliphatic rings. The molecule has 0 saturated carbocycles. The monoisotopic (exact) mass is 255 g/mol. The fraction of sp³-hybridized carbons (Fsp3) is 0.133. The highest BCUT2D eigenvalue weighted by molar-refractivity contribution is 5.79. The summed E-state index contributed by atoms with van der Waals surface area (Å²) in [6.07, 6.45) is -0.817. The number of fused-ring (bicyclic) bond motifs is 3. The molecule has 1 aliphatic carbocycles. The fourth-order valence-electron chi connectivity index (χ4n) is 2.73. The highest BCUT2D eigenvalue weighted by Gasteiger charge is 2.35. The first-order chi connectivity index (χ1) is 9.36. The zero-order valence-electron chi connectivity index (χ0n) is 10.2. The van der Waals surface area contributed by atoms with Crippen molar-refractivity contribution in [2.75, 3.05) is 0 Å². The summed E-state index contributed by atoms with van der Waals surface area (Å²) in [7, 11) is 0. The van der Waals surface area contributed by atoms with E-state index in [4.69, 9.17) is 15.5 Å². The minimum Gasteiger partial charge on any atom is -0.435 e. The van der Waals surface area contributed by atoms with Gasteiger partial charge in [-0.2, -0.15) is 0 Å². The molecular weight excluding hydrogens is 242 g/mol. The van der Waals surface area contributed by atoms with Gasteiger partial charge in [-0.05, 0) is 22.3 Å². The van der Waals surface area contributed by atoms with Crippen molar-refractivity contribution in [1.82, 2.24) is 0 Å². The van der Waals surface area contributed by atoms with Crippen LogP contribution in [0.15, 0.2) is 48.5 Å². The number of carbonyl (C=O) groups excluding carboxylic acids is 1. The van der Waals surface area contributed by atoms with Crippen molar-refractivity contribution in [2.45, 2.75) is 12.2 Å². The van der Waals surface area contributed by atoms with Gasteiger partial charge in [-0.25, -0.2) is 5.90 Å². The van der Waals surface area contributed by atoms with E-state index >= 15 is 0 Å². The van der Waals surface area contributed by atoms with Gasteiger partial charge in [0, 0.05) is 0 Å². The molecule has 0 amide bonds. The Balaban J connectivity index is 2.16. The second-order valence-corrected chi connectivity index (χ2v) is 4.39. The highest BCUT2D eigenvalue weighted by Crippen LogP contribution is 2.46. The van der Waals surface area contributed by atoms with Crippen LogP contribution in [0.1, 0.15) is 17.0 Å². The Kier molecular flexibility index (Phi) is 3.03. The summed E-state index contributed by atoms with van der Waals surface area (Å²) in [5, 5.41) is 0. The van der Waals surface area contributed by atoms with Crippen LogP contribution in [0.25, 0.3) is 11.1 Å². The molecule has 3 rings (SSSR count). The quantitative estimate of drug-likeness (QED) is 0.517. The van der Waals surface area contributed by atoms with Crippen LogP contribution in [0.2, 0.25) is 0 Å². The van der Waals surface area contributed by atoms with E-state index in [1.54, 1.807) is 0 Å². The third-order valence-corrected chi connectivity index (χ3v) is 3.48. The minimum atomic E-state index is -0.817. The van der Waals surface area contributed by atoms with Crippen LogP contribution >= 0.6 is 0 Å². The molecule has 1 atom stereocenters. The lowest BCUT2D eigenvalue weighted by molar-refractivity contribution is -0.168. The predicted molar refractivity (Wildman–Crippen MR) is 69.9 cm³/mol. The molecule has 0 spiro atoms. The lowest BCUT2D eigenvalue weighted by Gasteiger charge is -2.21. The largest absolute Gasteiger partial charge is 0.435 e. The maximum atomic E-state index is 10.6. The molecule has 4 nitrogen and oxygen atoms in total. The van der Waals surface area contributed by atoms with Crippen molar-refractivity contribution in [3.63, 3.8) is 0 Å². The molecule has 0 saturated heterocycles. The molecule has 2 N–H and O–H groups in total. The average molecular weight is 255 g/mol. The van der Waals surface area contributed by atoms with Gasteiger partial charge in [0.25, 0.3) is 6.47 Å². The Morgan fingerprint density at radius 3 is 2.00 bits per heavy atom. The van der Waals surface area contributed by atoms with Crippen molar-refractivity contribution < 1.29 is 14.4 Å². The number of nitrogens with two attached hydrogens (primary N) is 1. The Labute approximate surface area is 110 Å². The molecule has 19 heavy (non-hydrogen) atoms. The van der Waals surface area contributed by atoms with Gasteiger partial charge in [-0.1, -0.05) is 48.5 Å². The van der Waals surface area contributed by atoms with Gasteiger partial charge in [-0.3, -0.25) is 9.63 Å². The van der Waals surface area contributed by atoms with E-state index in [1.165, 1.54) is 0 Å². The van der Waals surface area contributed by atoms with E-state index in [9.17, 15) is 4.79 Å². The second-order valence-electron chi connectivity index (χ2n) is 4.39. The van der Waals surface area contributed by atoms with Crippen molar-refractivity contribution in [2.24, 2.45) is 5.90 Å². The first-order valence-electron chi connectivity index (χ1n) is 5.99. The molecule has 0 radical (unpaired) electrons. The van der Waals surface area contributed by atoms with Crippen LogP contribution in [0.4, 0.5) is 0 Å². The van der Waals surface area contributed by atoms with Crippen molar-refractivity contribution in [3.8, 4) is 11.1 Å². The molecule has 0 fully saturated rings. The Hall–Kier alpha value is -2.17. The van der Waals surface area contributed by atoms with Crippen molar-refractivity contribution >= 4 is 6.47 Å². The Bertz CT molecular complexity index is 566. The van der Waals surface area contributed by atoms with Crippen molar-refractivity contribution in [1.29, 1.82) is 0 Å². The Morgan fingerprint density at radius 2 is 1.53 bits per heavy atom. The number of hydrogen-bond acceptors (Lipinski definition) is 4. The first kappa shape index (κ1) is 11.9. The highest BCUT2D eigenvalue weighted by atomic mass is 16.8. The molecule has 0 bridgehead atoms. The molecule has 0 heterocycles. The predicted octanol–water partition coefficient (Wildman–Crippen LogP) is 2.19. The van der Waals surface area contributed by atoms with Crippen LogP contribution < -0.4 is 5.90 Å². The summed E-state index contributed by atoms with van der Waals surface area (Å²) >= 11 is 0. The molecule has 1 unspecified atom stereocenters. The number of rotatable bonds is 4. The smallest absolute Gasteiger partial charge is 0.295 e. The number of hydrogen-bond donors (Lipinski definition) is 1. The molecule has 2 aromatic rings. The maximum Gasteiger partial charge on any atom is 0.295 e. The van der Waals surface area contributed by atoms with E-state index in [0.29, 0.717) is 6.47 Å². The van der Waals surface area contributed by atoms with E-state index < -0.39 is 6.29 Å². The molecule has 96 valence electrons. The summed E-state index contributed by atoms with van der Waals surface area (Å²) in [4.78, 5) is 15.4.